The van der Waals surface area contributed by atoms with Gasteiger partial charge in [0.15, 0.2) is 6.61 Å². The first-order valence-electron chi connectivity index (χ1n) is 9.51. The van der Waals surface area contributed by atoms with Crippen molar-refractivity contribution < 1.29 is 19.0 Å². The lowest BCUT2D eigenvalue weighted by Crippen LogP contribution is -2.35. The van der Waals surface area contributed by atoms with Crippen LogP contribution in [0.3, 0.4) is 0 Å². The number of aryl methyl sites for hydroxylation is 1. The Balaban J connectivity index is 1.63. The van der Waals surface area contributed by atoms with Crippen LogP contribution in [0, 0.1) is 17.0 Å². The zero-order chi connectivity index (χ0) is 21.5. The minimum absolute atomic E-state index is 0.00639. The van der Waals surface area contributed by atoms with Crippen LogP contribution in [0.2, 0.25) is 0 Å². The van der Waals surface area contributed by atoms with Crippen molar-refractivity contribution in [3.8, 4) is 17.1 Å². The minimum atomic E-state index is -0.457. The van der Waals surface area contributed by atoms with E-state index in [0.717, 1.165) is 12.0 Å². The third kappa shape index (κ3) is 5.19. The molecule has 0 aliphatic heterocycles. The Morgan fingerprint density at radius 1 is 1.23 bits per heavy atom. The van der Waals surface area contributed by atoms with Gasteiger partial charge in [-0.2, -0.15) is 4.98 Å². The van der Waals surface area contributed by atoms with Gasteiger partial charge < -0.3 is 14.2 Å². The summed E-state index contributed by atoms with van der Waals surface area (Å²) in [5, 5.41) is 14.9. The number of ether oxygens (including phenoxy) is 1. The highest BCUT2D eigenvalue weighted by Gasteiger charge is 2.19. The maximum absolute atomic E-state index is 12.7. The SMILES string of the molecule is CCCN(Cc1nc(-c2ccccc2)no1)C(=O)COc1ccc([N+](=O)[O-])c(C)c1. The van der Waals surface area contributed by atoms with Crippen LogP contribution in [-0.4, -0.2) is 39.0 Å². The number of amides is 1. The van der Waals surface area contributed by atoms with Gasteiger partial charge in [-0.05, 0) is 25.5 Å². The number of carbonyl (C=O) groups is 1. The molecule has 0 aliphatic rings. The van der Waals surface area contributed by atoms with Gasteiger partial charge in [0.2, 0.25) is 11.7 Å². The lowest BCUT2D eigenvalue weighted by atomic mass is 10.2. The van der Waals surface area contributed by atoms with Gasteiger partial charge in [0.25, 0.3) is 11.6 Å². The zero-order valence-electron chi connectivity index (χ0n) is 16.8. The molecule has 1 aromatic heterocycles. The first kappa shape index (κ1) is 21.0. The highest BCUT2D eigenvalue weighted by molar-refractivity contribution is 5.77. The van der Waals surface area contributed by atoms with Crippen LogP contribution in [-0.2, 0) is 11.3 Å². The van der Waals surface area contributed by atoms with Gasteiger partial charge in [0.05, 0.1) is 4.92 Å². The van der Waals surface area contributed by atoms with Crippen molar-refractivity contribution in [2.24, 2.45) is 0 Å². The van der Waals surface area contributed by atoms with Crippen LogP contribution in [0.1, 0.15) is 24.8 Å². The molecule has 0 aliphatic carbocycles. The molecule has 9 nitrogen and oxygen atoms in total. The van der Waals surface area contributed by atoms with E-state index in [-0.39, 0.29) is 24.7 Å². The van der Waals surface area contributed by atoms with Crippen molar-refractivity contribution >= 4 is 11.6 Å². The van der Waals surface area contributed by atoms with Crippen molar-refractivity contribution in [3.05, 3.63) is 70.1 Å². The van der Waals surface area contributed by atoms with E-state index >= 15 is 0 Å². The summed E-state index contributed by atoms with van der Waals surface area (Å²) < 4.78 is 10.8. The van der Waals surface area contributed by atoms with E-state index in [9.17, 15) is 14.9 Å². The molecule has 0 N–H and O–H groups in total. The lowest BCUT2D eigenvalue weighted by molar-refractivity contribution is -0.385. The van der Waals surface area contributed by atoms with Gasteiger partial charge in [-0.25, -0.2) is 0 Å². The fraction of sp³-hybridized carbons (Fsp3) is 0.286. The highest BCUT2D eigenvalue weighted by atomic mass is 16.6. The standard InChI is InChI=1S/C21H22N4O5/c1-3-11-24(13-19-22-21(23-30-19)16-7-5-4-6-8-16)20(26)14-29-17-9-10-18(25(27)28)15(2)12-17/h4-10,12H,3,11,13-14H2,1-2H3. The Morgan fingerprint density at radius 3 is 2.67 bits per heavy atom. The first-order valence-corrected chi connectivity index (χ1v) is 9.51. The fourth-order valence-corrected chi connectivity index (χ4v) is 2.91. The molecule has 1 amide bonds. The smallest absolute Gasteiger partial charge is 0.272 e. The van der Waals surface area contributed by atoms with Crippen molar-refractivity contribution in [1.29, 1.82) is 0 Å². The molecule has 2 aromatic carbocycles. The second-order valence-corrected chi connectivity index (χ2v) is 6.69. The molecule has 0 atom stereocenters. The molecule has 1 heterocycles. The summed E-state index contributed by atoms with van der Waals surface area (Å²) in [5.41, 5.74) is 1.30. The topological polar surface area (TPSA) is 112 Å². The van der Waals surface area contributed by atoms with Gasteiger partial charge in [-0.3, -0.25) is 14.9 Å². The number of carbonyl (C=O) groups excluding carboxylic acids is 1. The van der Waals surface area contributed by atoms with Crippen molar-refractivity contribution in [1.82, 2.24) is 15.0 Å². The number of aromatic nitrogens is 2. The van der Waals surface area contributed by atoms with E-state index in [1.54, 1.807) is 17.9 Å². The summed E-state index contributed by atoms with van der Waals surface area (Å²) in [6.45, 7) is 4.07. The van der Waals surface area contributed by atoms with Crippen LogP contribution in [0.5, 0.6) is 5.75 Å². The van der Waals surface area contributed by atoms with E-state index in [0.29, 0.717) is 29.6 Å². The summed E-state index contributed by atoms with van der Waals surface area (Å²) in [6.07, 6.45) is 0.752. The van der Waals surface area contributed by atoms with Crippen molar-refractivity contribution in [3.63, 3.8) is 0 Å². The van der Waals surface area contributed by atoms with Crippen LogP contribution >= 0.6 is 0 Å². The molecule has 156 valence electrons. The number of benzene rings is 2. The predicted octanol–water partition coefficient (Wildman–Crippen LogP) is 3.77. The van der Waals surface area contributed by atoms with E-state index < -0.39 is 4.92 Å². The van der Waals surface area contributed by atoms with Crippen LogP contribution in [0.15, 0.2) is 53.1 Å². The number of nitro groups is 1. The number of hydrogen-bond acceptors (Lipinski definition) is 7. The summed E-state index contributed by atoms with van der Waals surface area (Å²) in [5.74, 6) is 0.952. The van der Waals surface area contributed by atoms with Gasteiger partial charge in [-0.1, -0.05) is 42.4 Å². The number of rotatable bonds is 9. The molecular weight excluding hydrogens is 388 g/mol. The molecule has 0 spiro atoms. The second kappa shape index (κ2) is 9.64. The summed E-state index contributed by atoms with van der Waals surface area (Å²) in [4.78, 5) is 29.1. The van der Waals surface area contributed by atoms with Gasteiger partial charge in [-0.15, -0.1) is 0 Å². The Morgan fingerprint density at radius 2 is 2.00 bits per heavy atom. The molecule has 9 heteroatoms. The Bertz CT molecular complexity index is 1020. The third-order valence-corrected chi connectivity index (χ3v) is 4.40. The third-order valence-electron chi connectivity index (χ3n) is 4.40. The van der Waals surface area contributed by atoms with E-state index in [4.69, 9.17) is 9.26 Å². The Labute approximate surface area is 173 Å². The molecule has 30 heavy (non-hydrogen) atoms. The summed E-state index contributed by atoms with van der Waals surface area (Å²) in [7, 11) is 0. The maximum atomic E-state index is 12.7. The minimum Gasteiger partial charge on any atom is -0.484 e. The Kier molecular flexibility index (Phi) is 6.74. The van der Waals surface area contributed by atoms with Crippen molar-refractivity contribution in [2.75, 3.05) is 13.2 Å². The summed E-state index contributed by atoms with van der Waals surface area (Å²) in [6, 6.07) is 13.8. The molecule has 0 radical (unpaired) electrons. The number of hydrogen-bond donors (Lipinski definition) is 0. The quantitative estimate of drug-likeness (QED) is 0.390. The lowest BCUT2D eigenvalue weighted by Gasteiger charge is -2.20. The van der Waals surface area contributed by atoms with E-state index in [1.165, 1.54) is 12.1 Å². The molecule has 0 saturated heterocycles. The fourth-order valence-electron chi connectivity index (χ4n) is 2.91. The van der Waals surface area contributed by atoms with Crippen LogP contribution in [0.25, 0.3) is 11.4 Å². The number of nitrogens with zero attached hydrogens (tertiary/aromatic N) is 4. The maximum Gasteiger partial charge on any atom is 0.272 e. The zero-order valence-corrected chi connectivity index (χ0v) is 16.8. The van der Waals surface area contributed by atoms with Gasteiger partial charge in [0, 0.05) is 23.7 Å². The molecular formula is C21H22N4O5. The molecule has 3 aromatic rings. The predicted molar refractivity (Wildman–Crippen MR) is 109 cm³/mol. The average molecular weight is 410 g/mol. The van der Waals surface area contributed by atoms with Gasteiger partial charge >= 0.3 is 0 Å². The van der Waals surface area contributed by atoms with Crippen LogP contribution < -0.4 is 4.74 Å². The normalized spacial score (nSPS) is 10.6. The van der Waals surface area contributed by atoms with Crippen LogP contribution in [0.4, 0.5) is 5.69 Å². The largest absolute Gasteiger partial charge is 0.484 e. The molecule has 0 unspecified atom stereocenters. The number of nitro benzene ring substituents is 1. The molecule has 0 bridgehead atoms. The Hall–Kier alpha value is -3.75. The highest BCUT2D eigenvalue weighted by Crippen LogP contribution is 2.23. The molecule has 0 fully saturated rings. The summed E-state index contributed by atoms with van der Waals surface area (Å²) >= 11 is 0. The monoisotopic (exact) mass is 410 g/mol. The van der Waals surface area contributed by atoms with Gasteiger partial charge in [0.1, 0.15) is 12.3 Å². The second-order valence-electron chi connectivity index (χ2n) is 6.69. The van der Waals surface area contributed by atoms with Crippen molar-refractivity contribution in [2.45, 2.75) is 26.8 Å². The molecule has 0 saturated carbocycles. The van der Waals surface area contributed by atoms with E-state index in [2.05, 4.69) is 10.1 Å². The molecule has 3 rings (SSSR count). The first-order chi connectivity index (χ1) is 14.5. The average Bonchev–Trinajstić information content (AvgIpc) is 3.21. The van der Waals surface area contributed by atoms with E-state index in [1.807, 2.05) is 37.3 Å².